The maximum Gasteiger partial charge on any atom is 0.144 e. The number of anilines is 1. The van der Waals surface area contributed by atoms with E-state index in [0.717, 1.165) is 35.3 Å². The first-order chi connectivity index (χ1) is 10.3. The fourth-order valence-corrected chi connectivity index (χ4v) is 2.58. The lowest BCUT2D eigenvalue weighted by molar-refractivity contribution is 0.720. The highest BCUT2D eigenvalue weighted by Crippen LogP contribution is 2.21. The van der Waals surface area contributed by atoms with Crippen LogP contribution in [0.25, 0.3) is 11.0 Å². The predicted molar refractivity (Wildman–Crippen MR) is 84.9 cm³/mol. The molecule has 0 spiro atoms. The molecule has 2 aromatic heterocycles. The number of imidazole rings is 1. The van der Waals surface area contributed by atoms with Crippen molar-refractivity contribution in [2.45, 2.75) is 26.3 Å². The van der Waals surface area contributed by atoms with Gasteiger partial charge in [0.25, 0.3) is 0 Å². The first-order valence-electron chi connectivity index (χ1n) is 7.18. The molecule has 3 N–H and O–H groups in total. The van der Waals surface area contributed by atoms with E-state index < -0.39 is 0 Å². The number of rotatable bonds is 5. The number of nitrogens with one attached hydrogen (secondary N) is 1. The van der Waals surface area contributed by atoms with Crippen molar-refractivity contribution in [2.24, 2.45) is 5.84 Å². The van der Waals surface area contributed by atoms with E-state index in [1.54, 1.807) is 6.20 Å². The quantitative estimate of drug-likeness (QED) is 0.557. The molecule has 0 fully saturated rings. The smallest absolute Gasteiger partial charge is 0.144 e. The Kier molecular flexibility index (Phi) is 3.83. The minimum Gasteiger partial charge on any atom is -0.323 e. The van der Waals surface area contributed by atoms with E-state index in [4.69, 9.17) is 10.8 Å². The van der Waals surface area contributed by atoms with Crippen molar-refractivity contribution < 1.29 is 0 Å². The molecule has 3 rings (SSSR count). The van der Waals surface area contributed by atoms with Gasteiger partial charge in [0.2, 0.25) is 0 Å². The first kappa shape index (κ1) is 13.6. The number of benzene rings is 1. The summed E-state index contributed by atoms with van der Waals surface area (Å²) in [4.78, 5) is 9.01. The van der Waals surface area contributed by atoms with Gasteiger partial charge in [-0.1, -0.05) is 25.1 Å². The molecule has 108 valence electrons. The minimum absolute atomic E-state index is 0.706. The second-order valence-corrected chi connectivity index (χ2v) is 5.01. The van der Waals surface area contributed by atoms with E-state index in [0.29, 0.717) is 12.4 Å². The van der Waals surface area contributed by atoms with Gasteiger partial charge in [-0.25, -0.2) is 15.8 Å². The van der Waals surface area contributed by atoms with Crippen LogP contribution in [0.2, 0.25) is 0 Å². The topological polar surface area (TPSA) is 68.8 Å². The summed E-state index contributed by atoms with van der Waals surface area (Å²) in [6.45, 7) is 2.88. The zero-order valence-corrected chi connectivity index (χ0v) is 12.1. The highest BCUT2D eigenvalue weighted by atomic mass is 15.3. The highest BCUT2D eigenvalue weighted by Gasteiger charge is 2.11. The fraction of sp³-hybridized carbons (Fsp3) is 0.250. The number of hydrogen-bond donors (Lipinski definition) is 2. The maximum absolute atomic E-state index is 5.55. The lowest BCUT2D eigenvalue weighted by Gasteiger charge is -2.11. The van der Waals surface area contributed by atoms with Gasteiger partial charge in [-0.2, -0.15) is 0 Å². The third-order valence-corrected chi connectivity index (χ3v) is 3.56. The zero-order chi connectivity index (χ0) is 14.7. The molecule has 2 heterocycles. The van der Waals surface area contributed by atoms with Crippen molar-refractivity contribution in [1.29, 1.82) is 0 Å². The molecule has 0 atom stereocenters. The molecule has 0 radical (unpaired) electrons. The van der Waals surface area contributed by atoms with E-state index in [1.807, 2.05) is 24.3 Å². The van der Waals surface area contributed by atoms with Gasteiger partial charge < -0.3 is 9.99 Å². The van der Waals surface area contributed by atoms with Crippen LogP contribution in [0.15, 0.2) is 42.6 Å². The number of nitrogen functional groups attached to an aromatic ring is 1. The molecule has 0 unspecified atom stereocenters. The van der Waals surface area contributed by atoms with E-state index in [1.165, 1.54) is 0 Å². The van der Waals surface area contributed by atoms with E-state index in [2.05, 4.69) is 34.0 Å². The Morgan fingerprint density at radius 2 is 2.05 bits per heavy atom. The van der Waals surface area contributed by atoms with E-state index in [-0.39, 0.29) is 0 Å². The molecule has 0 aliphatic carbocycles. The number of fused-ring (bicyclic) bond motifs is 1. The molecule has 0 amide bonds. The van der Waals surface area contributed by atoms with Crippen molar-refractivity contribution in [3.8, 4) is 0 Å². The summed E-state index contributed by atoms with van der Waals surface area (Å²) in [5, 5.41) is 0. The van der Waals surface area contributed by atoms with Gasteiger partial charge in [-0.15, -0.1) is 0 Å². The summed E-state index contributed by atoms with van der Waals surface area (Å²) in [5.41, 5.74) is 5.90. The third-order valence-electron chi connectivity index (χ3n) is 3.56. The molecule has 0 saturated heterocycles. The first-order valence-corrected chi connectivity index (χ1v) is 7.18. The lowest BCUT2D eigenvalue weighted by Crippen LogP contribution is -2.13. The molecule has 0 aliphatic heterocycles. The Balaban J connectivity index is 2.08. The average molecular weight is 281 g/mol. The summed E-state index contributed by atoms with van der Waals surface area (Å²) < 4.78 is 2.25. The van der Waals surface area contributed by atoms with Crippen molar-refractivity contribution in [2.75, 3.05) is 5.43 Å². The van der Waals surface area contributed by atoms with Crippen LogP contribution in [0.3, 0.4) is 0 Å². The van der Waals surface area contributed by atoms with Crippen LogP contribution < -0.4 is 11.3 Å². The molecular weight excluding hydrogens is 262 g/mol. The lowest BCUT2D eigenvalue weighted by atomic mass is 10.2. The van der Waals surface area contributed by atoms with Crippen LogP contribution in [-0.4, -0.2) is 14.5 Å². The Bertz CT molecular complexity index is 747. The van der Waals surface area contributed by atoms with Crippen LogP contribution >= 0.6 is 0 Å². The van der Waals surface area contributed by atoms with Gasteiger partial charge in [0.05, 0.1) is 17.6 Å². The van der Waals surface area contributed by atoms with Gasteiger partial charge in [-0.05, 0) is 24.6 Å². The second kappa shape index (κ2) is 5.93. The average Bonchev–Trinajstić information content (AvgIpc) is 2.86. The fourth-order valence-electron chi connectivity index (χ4n) is 2.58. The number of hydrazine groups is 1. The molecule has 21 heavy (non-hydrogen) atoms. The molecular formula is C16H19N5. The van der Waals surface area contributed by atoms with Crippen LogP contribution in [0.4, 0.5) is 5.82 Å². The van der Waals surface area contributed by atoms with Gasteiger partial charge in [0.1, 0.15) is 11.6 Å². The Hall–Kier alpha value is -2.40. The molecule has 5 heteroatoms. The number of aryl methyl sites for hydroxylation is 1. The van der Waals surface area contributed by atoms with Crippen molar-refractivity contribution in [1.82, 2.24) is 14.5 Å². The Labute approximate surface area is 123 Å². The highest BCUT2D eigenvalue weighted by molar-refractivity contribution is 5.76. The normalized spacial score (nSPS) is 11.0. The predicted octanol–water partition coefficient (Wildman–Crippen LogP) is 2.72. The summed E-state index contributed by atoms with van der Waals surface area (Å²) in [5.74, 6) is 7.36. The van der Waals surface area contributed by atoms with Crippen LogP contribution in [0, 0.1) is 0 Å². The molecule has 3 aromatic rings. The molecule has 0 saturated carbocycles. The number of aromatic nitrogens is 3. The van der Waals surface area contributed by atoms with Crippen molar-refractivity contribution >= 4 is 16.9 Å². The van der Waals surface area contributed by atoms with E-state index >= 15 is 0 Å². The zero-order valence-electron chi connectivity index (χ0n) is 12.1. The number of para-hydroxylation sites is 2. The number of nitrogens with zero attached hydrogens (tertiary/aromatic N) is 3. The van der Waals surface area contributed by atoms with Gasteiger partial charge in [-0.3, -0.25) is 0 Å². The van der Waals surface area contributed by atoms with Crippen molar-refractivity contribution in [3.05, 3.63) is 54.0 Å². The van der Waals surface area contributed by atoms with Crippen LogP contribution in [0.5, 0.6) is 0 Å². The Morgan fingerprint density at radius 1 is 1.19 bits per heavy atom. The van der Waals surface area contributed by atoms with Gasteiger partial charge in [0.15, 0.2) is 0 Å². The SMILES string of the molecule is CCCc1nc2ccccc2n1Cc1cccnc1NN. The van der Waals surface area contributed by atoms with Gasteiger partial charge >= 0.3 is 0 Å². The number of hydrogen-bond acceptors (Lipinski definition) is 4. The summed E-state index contributed by atoms with van der Waals surface area (Å²) in [6.07, 6.45) is 3.76. The maximum atomic E-state index is 5.55. The molecule has 0 aliphatic rings. The monoisotopic (exact) mass is 281 g/mol. The van der Waals surface area contributed by atoms with E-state index in [9.17, 15) is 0 Å². The summed E-state index contributed by atoms with van der Waals surface area (Å²) >= 11 is 0. The third kappa shape index (κ3) is 2.60. The summed E-state index contributed by atoms with van der Waals surface area (Å²) in [6, 6.07) is 12.2. The summed E-state index contributed by atoms with van der Waals surface area (Å²) in [7, 11) is 0. The molecule has 0 bridgehead atoms. The van der Waals surface area contributed by atoms with Crippen LogP contribution in [-0.2, 0) is 13.0 Å². The Morgan fingerprint density at radius 3 is 2.86 bits per heavy atom. The number of nitrogens with two attached hydrogens (primary N) is 1. The number of pyridine rings is 1. The minimum atomic E-state index is 0.706. The van der Waals surface area contributed by atoms with Crippen molar-refractivity contribution in [3.63, 3.8) is 0 Å². The van der Waals surface area contributed by atoms with Gasteiger partial charge in [0, 0.05) is 18.2 Å². The standard InChI is InChI=1S/C16H19N5/c1-2-6-15-19-13-8-3-4-9-14(13)21(15)11-12-7-5-10-18-16(12)20-17/h3-5,7-10H,2,6,11,17H2,1H3,(H,18,20). The van der Waals surface area contributed by atoms with Crippen LogP contribution in [0.1, 0.15) is 24.7 Å². The molecule has 5 nitrogen and oxygen atoms in total. The largest absolute Gasteiger partial charge is 0.323 e. The molecule has 1 aromatic carbocycles. The second-order valence-electron chi connectivity index (χ2n) is 5.01.